The van der Waals surface area contributed by atoms with Crippen LogP contribution in [0.15, 0.2) is 12.1 Å². The summed E-state index contributed by atoms with van der Waals surface area (Å²) in [4.78, 5) is 22.8. The first-order valence-corrected chi connectivity index (χ1v) is 7.16. The van der Waals surface area contributed by atoms with Crippen LogP contribution in [0.4, 0.5) is 11.4 Å². The monoisotopic (exact) mass is 311 g/mol. The van der Waals surface area contributed by atoms with Crippen molar-refractivity contribution in [3.63, 3.8) is 0 Å². The van der Waals surface area contributed by atoms with Crippen LogP contribution in [0.1, 0.15) is 37.6 Å². The summed E-state index contributed by atoms with van der Waals surface area (Å²) < 4.78 is 0. The largest absolute Gasteiger partial charge is 0.379 e. The Bertz CT molecular complexity index is 601. The molecule has 0 aromatic heterocycles. The summed E-state index contributed by atoms with van der Waals surface area (Å²) >= 11 is 6.06. The minimum absolute atomic E-state index is 0.0924. The Labute approximate surface area is 128 Å². The Morgan fingerprint density at radius 2 is 2.14 bits per heavy atom. The van der Waals surface area contributed by atoms with E-state index in [1.54, 1.807) is 0 Å². The number of benzene rings is 1. The summed E-state index contributed by atoms with van der Waals surface area (Å²) in [6, 6.07) is 2.82. The minimum atomic E-state index is -0.540. The zero-order chi connectivity index (χ0) is 15.8. The van der Waals surface area contributed by atoms with E-state index < -0.39 is 4.92 Å². The van der Waals surface area contributed by atoms with Crippen LogP contribution in [-0.4, -0.2) is 23.4 Å². The molecule has 0 spiro atoms. The van der Waals surface area contributed by atoms with Crippen molar-refractivity contribution < 1.29 is 9.72 Å². The number of carbonyl (C=O) groups is 1. The maximum atomic E-state index is 12.2. The Morgan fingerprint density at radius 1 is 1.52 bits per heavy atom. The summed E-state index contributed by atoms with van der Waals surface area (Å²) in [7, 11) is 0. The lowest BCUT2D eigenvalue weighted by Crippen LogP contribution is -2.28. The van der Waals surface area contributed by atoms with E-state index in [4.69, 9.17) is 11.6 Å². The minimum Gasteiger partial charge on any atom is -0.379 e. The topological polar surface area (TPSA) is 84.3 Å². The van der Waals surface area contributed by atoms with E-state index in [2.05, 4.69) is 24.5 Å². The van der Waals surface area contributed by atoms with E-state index >= 15 is 0 Å². The number of amides is 1. The molecule has 7 heteroatoms. The molecule has 0 aliphatic heterocycles. The molecule has 0 saturated heterocycles. The molecule has 0 bridgehead atoms. The third kappa shape index (κ3) is 3.26. The van der Waals surface area contributed by atoms with Crippen molar-refractivity contribution in [1.29, 1.82) is 0 Å². The summed E-state index contributed by atoms with van der Waals surface area (Å²) in [6.45, 7) is 6.43. The molecule has 2 rings (SSSR count). The van der Waals surface area contributed by atoms with Gasteiger partial charge in [-0.25, -0.2) is 0 Å². The molecule has 1 atom stereocenters. The zero-order valence-electron chi connectivity index (χ0n) is 12.2. The van der Waals surface area contributed by atoms with Gasteiger partial charge in [0.25, 0.3) is 11.6 Å². The van der Waals surface area contributed by atoms with Crippen LogP contribution in [-0.2, 0) is 0 Å². The summed E-state index contributed by atoms with van der Waals surface area (Å²) in [5, 5.41) is 17.0. The summed E-state index contributed by atoms with van der Waals surface area (Å²) in [5.74, 6) is -0.335. The molecule has 1 amide bonds. The molecule has 2 N–H and O–H groups in total. The van der Waals surface area contributed by atoms with Crippen molar-refractivity contribution in [2.24, 2.45) is 5.41 Å². The molecule has 1 fully saturated rings. The lowest BCUT2D eigenvalue weighted by atomic mass is 10.1. The van der Waals surface area contributed by atoms with Crippen LogP contribution in [0.25, 0.3) is 0 Å². The number of hydrogen-bond acceptors (Lipinski definition) is 4. The number of nitro groups is 1. The zero-order valence-corrected chi connectivity index (χ0v) is 13.0. The van der Waals surface area contributed by atoms with Gasteiger partial charge in [-0.3, -0.25) is 14.9 Å². The Morgan fingerprint density at radius 3 is 2.62 bits per heavy atom. The van der Waals surface area contributed by atoms with Crippen LogP contribution in [0.2, 0.25) is 5.02 Å². The third-order valence-corrected chi connectivity index (χ3v) is 4.00. The molecule has 1 aromatic carbocycles. The first-order chi connectivity index (χ1) is 9.76. The van der Waals surface area contributed by atoms with E-state index in [-0.39, 0.29) is 39.3 Å². The van der Waals surface area contributed by atoms with Crippen LogP contribution in [0, 0.1) is 15.5 Å². The highest BCUT2D eigenvalue weighted by molar-refractivity contribution is 6.34. The van der Waals surface area contributed by atoms with Crippen molar-refractivity contribution in [1.82, 2.24) is 5.32 Å². The van der Waals surface area contributed by atoms with Crippen LogP contribution < -0.4 is 10.6 Å². The standard InChI is InChI=1S/C14H18ClN3O3/c1-4-16-12-9(15)5-8(6-10(12)18(20)21)13(19)17-11-7-14(11,2)3/h5-6,11,16H,4,7H2,1-3H3,(H,17,19). The third-order valence-electron chi connectivity index (χ3n) is 3.70. The molecule has 1 aliphatic carbocycles. The first kappa shape index (κ1) is 15.6. The highest BCUT2D eigenvalue weighted by Gasteiger charge is 2.46. The number of nitrogens with one attached hydrogen (secondary N) is 2. The van der Waals surface area contributed by atoms with Gasteiger partial charge in [-0.15, -0.1) is 0 Å². The van der Waals surface area contributed by atoms with Gasteiger partial charge in [0, 0.05) is 24.2 Å². The van der Waals surface area contributed by atoms with Gasteiger partial charge in [0.15, 0.2) is 0 Å². The van der Waals surface area contributed by atoms with Gasteiger partial charge >= 0.3 is 0 Å². The molecule has 0 heterocycles. The Kier molecular flexibility index (Phi) is 4.09. The predicted octanol–water partition coefficient (Wildman–Crippen LogP) is 3.21. The Balaban J connectivity index is 2.28. The predicted molar refractivity (Wildman–Crippen MR) is 81.9 cm³/mol. The number of rotatable bonds is 5. The number of nitrogens with zero attached hydrogens (tertiary/aromatic N) is 1. The molecule has 21 heavy (non-hydrogen) atoms. The Hall–Kier alpha value is -1.82. The van der Waals surface area contributed by atoms with Gasteiger partial charge in [-0.05, 0) is 24.8 Å². The van der Waals surface area contributed by atoms with Crippen molar-refractivity contribution in [2.75, 3.05) is 11.9 Å². The number of nitro benzene ring substituents is 1. The molecule has 1 unspecified atom stereocenters. The fourth-order valence-corrected chi connectivity index (χ4v) is 2.46. The molecule has 0 radical (unpaired) electrons. The first-order valence-electron chi connectivity index (χ1n) is 6.79. The average Bonchev–Trinajstić information content (AvgIpc) is 2.98. The number of hydrogen-bond donors (Lipinski definition) is 2. The number of anilines is 1. The van der Waals surface area contributed by atoms with Crippen LogP contribution >= 0.6 is 11.6 Å². The van der Waals surface area contributed by atoms with Gasteiger partial charge in [0.1, 0.15) is 5.69 Å². The van der Waals surface area contributed by atoms with E-state index in [0.29, 0.717) is 6.54 Å². The van der Waals surface area contributed by atoms with Gasteiger partial charge in [0.2, 0.25) is 0 Å². The highest BCUT2D eigenvalue weighted by Crippen LogP contribution is 2.44. The fourth-order valence-electron chi connectivity index (χ4n) is 2.17. The maximum Gasteiger partial charge on any atom is 0.294 e. The van der Waals surface area contributed by atoms with Crippen molar-refractivity contribution in [2.45, 2.75) is 33.2 Å². The van der Waals surface area contributed by atoms with E-state index in [1.807, 2.05) is 6.92 Å². The molecule has 114 valence electrons. The lowest BCUT2D eigenvalue weighted by molar-refractivity contribution is -0.384. The summed E-state index contributed by atoms with van der Waals surface area (Å²) in [5.41, 5.74) is 0.350. The molecular weight excluding hydrogens is 294 g/mol. The highest BCUT2D eigenvalue weighted by atomic mass is 35.5. The van der Waals surface area contributed by atoms with Crippen LogP contribution in [0.5, 0.6) is 0 Å². The second kappa shape index (κ2) is 5.52. The maximum absolute atomic E-state index is 12.2. The fraction of sp³-hybridized carbons (Fsp3) is 0.500. The molecule has 1 aromatic rings. The van der Waals surface area contributed by atoms with Gasteiger partial charge < -0.3 is 10.6 Å². The van der Waals surface area contributed by atoms with Gasteiger partial charge in [-0.1, -0.05) is 25.4 Å². The second-order valence-corrected chi connectivity index (χ2v) is 6.27. The van der Waals surface area contributed by atoms with Gasteiger partial charge in [-0.2, -0.15) is 0 Å². The summed E-state index contributed by atoms with van der Waals surface area (Å²) in [6.07, 6.45) is 0.907. The smallest absolute Gasteiger partial charge is 0.294 e. The van der Waals surface area contributed by atoms with E-state index in [0.717, 1.165) is 6.42 Å². The quantitative estimate of drug-likeness (QED) is 0.646. The number of carbonyl (C=O) groups excluding carboxylic acids is 1. The lowest BCUT2D eigenvalue weighted by Gasteiger charge is -2.10. The average molecular weight is 312 g/mol. The van der Waals surface area contributed by atoms with Crippen LogP contribution in [0.3, 0.4) is 0 Å². The van der Waals surface area contributed by atoms with E-state index in [1.165, 1.54) is 12.1 Å². The second-order valence-electron chi connectivity index (χ2n) is 5.86. The molecular formula is C14H18ClN3O3. The van der Waals surface area contributed by atoms with Crippen molar-refractivity contribution in [3.8, 4) is 0 Å². The molecule has 6 nitrogen and oxygen atoms in total. The van der Waals surface area contributed by atoms with Gasteiger partial charge in [0.05, 0.1) is 9.95 Å². The van der Waals surface area contributed by atoms with E-state index in [9.17, 15) is 14.9 Å². The number of halogens is 1. The molecule has 1 aliphatic rings. The SMILES string of the molecule is CCNc1c(Cl)cc(C(=O)NC2CC2(C)C)cc1[N+](=O)[O-]. The van der Waals surface area contributed by atoms with Crippen molar-refractivity contribution in [3.05, 3.63) is 32.8 Å². The molecule has 1 saturated carbocycles. The normalized spacial score (nSPS) is 19.0. The van der Waals surface area contributed by atoms with Crippen molar-refractivity contribution >= 4 is 28.9 Å².